The third-order valence-corrected chi connectivity index (χ3v) is 4.27. The highest BCUT2D eigenvalue weighted by atomic mass is 35.5. The number of likely N-dealkylation sites (tertiary alicyclic amines) is 1. The van der Waals surface area contributed by atoms with Gasteiger partial charge in [0.15, 0.2) is 5.11 Å². The summed E-state index contributed by atoms with van der Waals surface area (Å²) in [5.74, 6) is -0.174. The monoisotopic (exact) mass is 310 g/mol. The minimum absolute atomic E-state index is 0.174. The lowest BCUT2D eigenvalue weighted by molar-refractivity contribution is 0.0969. The van der Waals surface area contributed by atoms with Gasteiger partial charge in [0.2, 0.25) is 0 Å². The van der Waals surface area contributed by atoms with E-state index >= 15 is 0 Å². The number of carbonyl (C=O) groups is 1. The average Bonchev–Trinajstić information content (AvgIpc) is 2.47. The van der Waals surface area contributed by atoms with Gasteiger partial charge in [-0.1, -0.05) is 18.5 Å². The molecule has 0 unspecified atom stereocenters. The normalized spacial score (nSPS) is 18.7. The Bertz CT molecular complexity index is 489. The molecule has 0 saturated carbocycles. The molecule has 1 aromatic carbocycles. The Labute approximate surface area is 130 Å². The summed E-state index contributed by atoms with van der Waals surface area (Å²) in [6.45, 7) is 3.09. The number of hydrogen-bond acceptors (Lipinski definition) is 2. The topological polar surface area (TPSA) is 32.3 Å². The number of rotatable bonds is 2. The van der Waals surface area contributed by atoms with Gasteiger partial charge in [-0.15, -0.1) is 0 Å². The van der Waals surface area contributed by atoms with E-state index in [0.717, 1.165) is 25.8 Å². The SMILES string of the molecule is CC[C@H]1CCCCN1C(=S)NC(=O)c1ccc(Cl)cc1. The second-order valence-electron chi connectivity index (χ2n) is 5.02. The van der Waals surface area contributed by atoms with Crippen LogP contribution >= 0.6 is 23.8 Å². The summed E-state index contributed by atoms with van der Waals surface area (Å²) in [5.41, 5.74) is 0.571. The van der Waals surface area contributed by atoms with Gasteiger partial charge < -0.3 is 4.90 Å². The van der Waals surface area contributed by atoms with Crippen molar-refractivity contribution in [2.75, 3.05) is 6.54 Å². The molecule has 0 aliphatic carbocycles. The lowest BCUT2D eigenvalue weighted by atomic mass is 10.0. The van der Waals surface area contributed by atoms with Crippen molar-refractivity contribution in [2.24, 2.45) is 0 Å². The molecule has 108 valence electrons. The Morgan fingerprint density at radius 3 is 2.75 bits per heavy atom. The number of nitrogens with one attached hydrogen (secondary N) is 1. The number of benzene rings is 1. The van der Waals surface area contributed by atoms with Crippen LogP contribution in [0.1, 0.15) is 43.0 Å². The quantitative estimate of drug-likeness (QED) is 0.847. The number of hydrogen-bond donors (Lipinski definition) is 1. The minimum atomic E-state index is -0.174. The molecule has 3 nitrogen and oxygen atoms in total. The Morgan fingerprint density at radius 2 is 2.10 bits per heavy atom. The first kappa shape index (κ1) is 15.3. The van der Waals surface area contributed by atoms with E-state index in [2.05, 4.69) is 17.1 Å². The number of carbonyl (C=O) groups excluding carboxylic acids is 1. The molecule has 2 rings (SSSR count). The van der Waals surface area contributed by atoms with Gasteiger partial charge in [-0.3, -0.25) is 10.1 Å². The molecule has 20 heavy (non-hydrogen) atoms. The van der Waals surface area contributed by atoms with Crippen molar-refractivity contribution in [3.05, 3.63) is 34.9 Å². The smallest absolute Gasteiger partial charge is 0.257 e. The summed E-state index contributed by atoms with van der Waals surface area (Å²) in [7, 11) is 0. The number of amides is 1. The maximum Gasteiger partial charge on any atom is 0.257 e. The van der Waals surface area contributed by atoms with Crippen LogP contribution in [0.25, 0.3) is 0 Å². The molecule has 1 aliphatic heterocycles. The van der Waals surface area contributed by atoms with Crippen molar-refractivity contribution in [1.82, 2.24) is 10.2 Å². The van der Waals surface area contributed by atoms with Crippen LogP contribution in [0.3, 0.4) is 0 Å². The standard InChI is InChI=1S/C15H19ClN2OS/c1-2-13-5-3-4-10-18(13)15(20)17-14(19)11-6-8-12(16)9-7-11/h6-9,13H,2-5,10H2,1H3,(H,17,19,20)/t13-/m0/s1. The Morgan fingerprint density at radius 1 is 1.40 bits per heavy atom. The highest BCUT2D eigenvalue weighted by Crippen LogP contribution is 2.19. The second-order valence-corrected chi connectivity index (χ2v) is 5.84. The molecule has 0 aromatic heterocycles. The van der Waals surface area contributed by atoms with Crippen LogP contribution in [0.4, 0.5) is 0 Å². The molecule has 1 aromatic rings. The van der Waals surface area contributed by atoms with E-state index in [1.807, 2.05) is 0 Å². The van der Waals surface area contributed by atoms with E-state index in [-0.39, 0.29) is 5.91 Å². The Hall–Kier alpha value is -1.13. The Kier molecular flexibility index (Phi) is 5.38. The van der Waals surface area contributed by atoms with Gasteiger partial charge in [0.25, 0.3) is 5.91 Å². The van der Waals surface area contributed by atoms with Crippen molar-refractivity contribution in [2.45, 2.75) is 38.6 Å². The first-order valence-corrected chi connectivity index (χ1v) is 7.78. The molecular formula is C15H19ClN2OS. The fraction of sp³-hybridized carbons (Fsp3) is 0.467. The molecule has 1 amide bonds. The summed E-state index contributed by atoms with van der Waals surface area (Å²) in [6.07, 6.45) is 4.57. The molecule has 1 heterocycles. The van der Waals surface area contributed by atoms with Gasteiger partial charge in [0.05, 0.1) is 0 Å². The van der Waals surface area contributed by atoms with Crippen LogP contribution in [-0.4, -0.2) is 28.5 Å². The molecule has 0 bridgehead atoms. The predicted molar refractivity (Wildman–Crippen MR) is 86.2 cm³/mol. The number of halogens is 1. The largest absolute Gasteiger partial charge is 0.346 e. The van der Waals surface area contributed by atoms with Gasteiger partial charge in [-0.05, 0) is 62.2 Å². The van der Waals surface area contributed by atoms with Crippen molar-refractivity contribution >= 4 is 34.8 Å². The molecular weight excluding hydrogens is 292 g/mol. The zero-order valence-corrected chi connectivity index (χ0v) is 13.1. The van der Waals surface area contributed by atoms with Crippen molar-refractivity contribution in [1.29, 1.82) is 0 Å². The van der Waals surface area contributed by atoms with Crippen LogP contribution in [0, 0.1) is 0 Å². The van der Waals surface area contributed by atoms with Gasteiger partial charge >= 0.3 is 0 Å². The zero-order chi connectivity index (χ0) is 14.5. The lowest BCUT2D eigenvalue weighted by Gasteiger charge is -2.37. The highest BCUT2D eigenvalue weighted by Gasteiger charge is 2.24. The summed E-state index contributed by atoms with van der Waals surface area (Å²) in [4.78, 5) is 14.3. The van der Waals surface area contributed by atoms with Crippen molar-refractivity contribution in [3.8, 4) is 0 Å². The molecule has 0 radical (unpaired) electrons. The molecule has 1 saturated heterocycles. The highest BCUT2D eigenvalue weighted by molar-refractivity contribution is 7.80. The Balaban J connectivity index is 1.99. The predicted octanol–water partition coefficient (Wildman–Crippen LogP) is 3.62. The average molecular weight is 311 g/mol. The summed E-state index contributed by atoms with van der Waals surface area (Å²) in [5, 5.41) is 3.98. The maximum atomic E-state index is 12.1. The zero-order valence-electron chi connectivity index (χ0n) is 11.6. The van der Waals surface area contributed by atoms with Gasteiger partial charge in [-0.2, -0.15) is 0 Å². The van der Waals surface area contributed by atoms with Crippen LogP contribution in [0.2, 0.25) is 5.02 Å². The lowest BCUT2D eigenvalue weighted by Crippen LogP contribution is -2.49. The van der Waals surface area contributed by atoms with Crippen LogP contribution in [0.5, 0.6) is 0 Å². The number of thiocarbonyl (C=S) groups is 1. The van der Waals surface area contributed by atoms with E-state index < -0.39 is 0 Å². The second kappa shape index (κ2) is 7.04. The third kappa shape index (κ3) is 3.70. The minimum Gasteiger partial charge on any atom is -0.346 e. The summed E-state index contributed by atoms with van der Waals surface area (Å²) < 4.78 is 0. The van der Waals surface area contributed by atoms with E-state index in [1.54, 1.807) is 24.3 Å². The van der Waals surface area contributed by atoms with Crippen LogP contribution in [0.15, 0.2) is 24.3 Å². The van der Waals surface area contributed by atoms with E-state index in [9.17, 15) is 4.79 Å². The third-order valence-electron chi connectivity index (χ3n) is 3.69. The van der Waals surface area contributed by atoms with Crippen molar-refractivity contribution < 1.29 is 4.79 Å². The van der Waals surface area contributed by atoms with E-state index in [1.165, 1.54) is 6.42 Å². The summed E-state index contributed by atoms with van der Waals surface area (Å²) in [6, 6.07) is 7.26. The van der Waals surface area contributed by atoms with E-state index in [0.29, 0.717) is 21.7 Å². The van der Waals surface area contributed by atoms with Gasteiger partial charge in [0.1, 0.15) is 0 Å². The van der Waals surface area contributed by atoms with E-state index in [4.69, 9.17) is 23.8 Å². The maximum absolute atomic E-state index is 12.1. The first-order chi connectivity index (χ1) is 9.61. The molecule has 1 N–H and O–H groups in total. The van der Waals surface area contributed by atoms with Crippen LogP contribution in [-0.2, 0) is 0 Å². The summed E-state index contributed by atoms with van der Waals surface area (Å²) >= 11 is 11.2. The molecule has 1 aliphatic rings. The van der Waals surface area contributed by atoms with Gasteiger partial charge in [-0.25, -0.2) is 0 Å². The molecule has 1 atom stereocenters. The van der Waals surface area contributed by atoms with Crippen LogP contribution < -0.4 is 5.32 Å². The first-order valence-electron chi connectivity index (χ1n) is 6.99. The molecule has 1 fully saturated rings. The van der Waals surface area contributed by atoms with Gasteiger partial charge in [0, 0.05) is 23.2 Å². The fourth-order valence-corrected chi connectivity index (χ4v) is 2.99. The number of piperidine rings is 1. The molecule has 0 spiro atoms. The number of nitrogens with zero attached hydrogens (tertiary/aromatic N) is 1. The molecule has 5 heteroatoms. The van der Waals surface area contributed by atoms with Crippen molar-refractivity contribution in [3.63, 3.8) is 0 Å². The fourth-order valence-electron chi connectivity index (χ4n) is 2.53.